The number of hydrogen-bond donors (Lipinski definition) is 1. The van der Waals surface area contributed by atoms with Gasteiger partial charge in [0.25, 0.3) is 10.0 Å². The first-order valence-electron chi connectivity index (χ1n) is 6.16. The molecule has 0 spiro atoms. The molecule has 0 heterocycles. The molecule has 20 heavy (non-hydrogen) atoms. The third-order valence-corrected chi connectivity index (χ3v) is 4.66. The average Bonchev–Trinajstić information content (AvgIpc) is 2.34. The van der Waals surface area contributed by atoms with Crippen LogP contribution in [0.3, 0.4) is 0 Å². The van der Waals surface area contributed by atoms with Gasteiger partial charge in [0.15, 0.2) is 0 Å². The Balaban J connectivity index is 2.41. The summed E-state index contributed by atoms with van der Waals surface area (Å²) in [6, 6.07) is 10.3. The van der Waals surface area contributed by atoms with Gasteiger partial charge in [-0.05, 0) is 50.1 Å². The van der Waals surface area contributed by atoms with Gasteiger partial charge in [0, 0.05) is 0 Å². The number of hydrogen-bond acceptors (Lipinski definition) is 2. The van der Waals surface area contributed by atoms with Crippen LogP contribution >= 0.6 is 11.6 Å². The Kier molecular flexibility index (Phi) is 4.06. The lowest BCUT2D eigenvalue weighted by Crippen LogP contribution is -2.14. The number of sulfonamides is 1. The summed E-state index contributed by atoms with van der Waals surface area (Å²) in [4.78, 5) is 0.221. The monoisotopic (exact) mass is 309 g/mol. The SMILES string of the molecule is Cc1ccc(S(=O)(=O)Nc2c(C)cc(C)cc2Cl)cc1. The van der Waals surface area contributed by atoms with E-state index in [4.69, 9.17) is 11.6 Å². The fraction of sp³-hybridized carbons (Fsp3) is 0.200. The molecule has 0 aliphatic rings. The maximum atomic E-state index is 12.3. The molecule has 0 unspecified atom stereocenters. The standard InChI is InChI=1S/C15H16ClNO2S/c1-10-4-6-13(7-5-10)20(18,19)17-15-12(3)8-11(2)9-14(15)16/h4-9,17H,1-3H3. The summed E-state index contributed by atoms with van der Waals surface area (Å²) in [5, 5.41) is 0.401. The van der Waals surface area contributed by atoms with Crippen molar-refractivity contribution in [3.8, 4) is 0 Å². The maximum Gasteiger partial charge on any atom is 0.261 e. The van der Waals surface area contributed by atoms with Gasteiger partial charge in [-0.3, -0.25) is 4.72 Å². The van der Waals surface area contributed by atoms with Crippen molar-refractivity contribution in [2.75, 3.05) is 4.72 Å². The third-order valence-electron chi connectivity index (χ3n) is 3.00. The lowest BCUT2D eigenvalue weighted by atomic mass is 10.1. The van der Waals surface area contributed by atoms with E-state index in [-0.39, 0.29) is 4.90 Å². The molecular weight excluding hydrogens is 294 g/mol. The highest BCUT2D eigenvalue weighted by Gasteiger charge is 2.17. The van der Waals surface area contributed by atoms with E-state index in [1.54, 1.807) is 30.3 Å². The Morgan fingerprint density at radius 2 is 1.55 bits per heavy atom. The Morgan fingerprint density at radius 1 is 0.950 bits per heavy atom. The fourth-order valence-electron chi connectivity index (χ4n) is 1.96. The van der Waals surface area contributed by atoms with E-state index in [1.165, 1.54) is 0 Å². The molecule has 0 aromatic heterocycles. The van der Waals surface area contributed by atoms with Crippen LogP contribution in [-0.4, -0.2) is 8.42 Å². The van der Waals surface area contributed by atoms with Crippen molar-refractivity contribution in [1.29, 1.82) is 0 Å². The number of anilines is 1. The van der Waals surface area contributed by atoms with E-state index >= 15 is 0 Å². The lowest BCUT2D eigenvalue weighted by Gasteiger charge is -2.13. The number of nitrogens with one attached hydrogen (secondary N) is 1. The number of benzene rings is 2. The van der Waals surface area contributed by atoms with E-state index in [0.717, 1.165) is 16.7 Å². The normalized spacial score (nSPS) is 11.4. The first-order valence-corrected chi connectivity index (χ1v) is 8.02. The van der Waals surface area contributed by atoms with E-state index in [9.17, 15) is 8.42 Å². The lowest BCUT2D eigenvalue weighted by molar-refractivity contribution is 0.601. The van der Waals surface area contributed by atoms with Gasteiger partial charge in [-0.2, -0.15) is 0 Å². The molecule has 2 aromatic rings. The zero-order valence-electron chi connectivity index (χ0n) is 11.6. The van der Waals surface area contributed by atoms with Crippen LogP contribution in [0.1, 0.15) is 16.7 Å². The molecule has 0 saturated carbocycles. The van der Waals surface area contributed by atoms with Crippen molar-refractivity contribution in [3.63, 3.8) is 0 Å². The van der Waals surface area contributed by atoms with Gasteiger partial charge in [0.1, 0.15) is 0 Å². The molecule has 0 atom stereocenters. The van der Waals surface area contributed by atoms with Crippen molar-refractivity contribution >= 4 is 27.3 Å². The third kappa shape index (κ3) is 3.14. The molecule has 0 aliphatic heterocycles. The van der Waals surface area contributed by atoms with Gasteiger partial charge in [0.2, 0.25) is 0 Å². The number of rotatable bonds is 3. The van der Waals surface area contributed by atoms with Crippen LogP contribution in [-0.2, 0) is 10.0 Å². The second kappa shape index (κ2) is 5.46. The Labute approximate surface area is 124 Å². The summed E-state index contributed by atoms with van der Waals surface area (Å²) >= 11 is 6.13. The predicted molar refractivity (Wildman–Crippen MR) is 82.9 cm³/mol. The fourth-order valence-corrected chi connectivity index (χ4v) is 3.53. The summed E-state index contributed by atoms with van der Waals surface area (Å²) < 4.78 is 27.2. The molecule has 2 rings (SSSR count). The van der Waals surface area contributed by atoms with Gasteiger partial charge in [0.05, 0.1) is 15.6 Å². The summed E-state index contributed by atoms with van der Waals surface area (Å²) in [6.45, 7) is 5.65. The second-order valence-electron chi connectivity index (χ2n) is 4.86. The predicted octanol–water partition coefficient (Wildman–Crippen LogP) is 4.07. The van der Waals surface area contributed by atoms with Gasteiger partial charge in [-0.1, -0.05) is 35.4 Å². The first kappa shape index (κ1) is 14.9. The molecule has 106 valence electrons. The molecule has 2 aromatic carbocycles. The van der Waals surface area contributed by atoms with Crippen molar-refractivity contribution in [2.45, 2.75) is 25.7 Å². The zero-order chi connectivity index (χ0) is 14.9. The van der Waals surface area contributed by atoms with Crippen LogP contribution in [0, 0.1) is 20.8 Å². The van der Waals surface area contributed by atoms with Crippen LogP contribution in [0.2, 0.25) is 5.02 Å². The topological polar surface area (TPSA) is 46.2 Å². The molecule has 0 saturated heterocycles. The molecule has 0 fully saturated rings. The quantitative estimate of drug-likeness (QED) is 0.929. The zero-order valence-corrected chi connectivity index (χ0v) is 13.1. The Bertz CT molecular complexity index is 714. The highest BCUT2D eigenvalue weighted by molar-refractivity contribution is 7.92. The molecular formula is C15H16ClNO2S. The molecule has 0 amide bonds. The minimum atomic E-state index is -3.62. The van der Waals surface area contributed by atoms with E-state index in [1.807, 2.05) is 26.8 Å². The van der Waals surface area contributed by atoms with Crippen molar-refractivity contribution in [1.82, 2.24) is 0 Å². The summed E-state index contributed by atoms with van der Waals surface area (Å²) in [5.41, 5.74) is 3.22. The van der Waals surface area contributed by atoms with Gasteiger partial charge >= 0.3 is 0 Å². The van der Waals surface area contributed by atoms with E-state index in [2.05, 4.69) is 4.72 Å². The van der Waals surface area contributed by atoms with Crippen LogP contribution in [0.5, 0.6) is 0 Å². The molecule has 0 bridgehead atoms. The highest BCUT2D eigenvalue weighted by atomic mass is 35.5. The number of halogens is 1. The van der Waals surface area contributed by atoms with E-state index < -0.39 is 10.0 Å². The van der Waals surface area contributed by atoms with Gasteiger partial charge in [-0.25, -0.2) is 8.42 Å². The first-order chi connectivity index (χ1) is 9.29. The largest absolute Gasteiger partial charge is 0.278 e. The van der Waals surface area contributed by atoms with Gasteiger partial charge in [-0.15, -0.1) is 0 Å². The second-order valence-corrected chi connectivity index (χ2v) is 6.95. The molecule has 0 aliphatic carbocycles. The van der Waals surface area contributed by atoms with Crippen LogP contribution < -0.4 is 4.72 Å². The van der Waals surface area contributed by atoms with Crippen molar-refractivity contribution in [3.05, 3.63) is 58.1 Å². The Hall–Kier alpha value is -1.52. The Morgan fingerprint density at radius 3 is 2.10 bits per heavy atom. The summed E-state index contributed by atoms with van der Waals surface area (Å²) in [7, 11) is -3.62. The number of aryl methyl sites for hydroxylation is 3. The highest BCUT2D eigenvalue weighted by Crippen LogP contribution is 2.29. The maximum absolute atomic E-state index is 12.3. The van der Waals surface area contributed by atoms with Crippen LogP contribution in [0.4, 0.5) is 5.69 Å². The molecule has 5 heteroatoms. The summed E-state index contributed by atoms with van der Waals surface area (Å²) in [6.07, 6.45) is 0. The molecule has 1 N–H and O–H groups in total. The van der Waals surface area contributed by atoms with Crippen LogP contribution in [0.15, 0.2) is 41.3 Å². The van der Waals surface area contributed by atoms with Crippen molar-refractivity contribution in [2.24, 2.45) is 0 Å². The van der Waals surface area contributed by atoms with Gasteiger partial charge < -0.3 is 0 Å². The summed E-state index contributed by atoms with van der Waals surface area (Å²) in [5.74, 6) is 0. The van der Waals surface area contributed by atoms with Crippen LogP contribution in [0.25, 0.3) is 0 Å². The van der Waals surface area contributed by atoms with E-state index in [0.29, 0.717) is 10.7 Å². The minimum absolute atomic E-state index is 0.221. The molecule has 3 nitrogen and oxygen atoms in total. The minimum Gasteiger partial charge on any atom is -0.278 e. The average molecular weight is 310 g/mol. The molecule has 0 radical (unpaired) electrons. The smallest absolute Gasteiger partial charge is 0.261 e. The van der Waals surface area contributed by atoms with Crippen molar-refractivity contribution < 1.29 is 8.42 Å².